The molecule has 1 unspecified atom stereocenters. The second-order valence-corrected chi connectivity index (χ2v) is 7.82. The largest absolute Gasteiger partial charge is 0.346 e. The number of halogens is 1. The van der Waals surface area contributed by atoms with Gasteiger partial charge in [0.2, 0.25) is 0 Å². The number of aromatic nitrogens is 4. The van der Waals surface area contributed by atoms with Gasteiger partial charge in [-0.25, -0.2) is 4.98 Å². The lowest BCUT2D eigenvalue weighted by Gasteiger charge is -2.26. The molecule has 1 aliphatic rings. The van der Waals surface area contributed by atoms with Gasteiger partial charge in [0.15, 0.2) is 5.82 Å². The molecule has 27 heavy (non-hydrogen) atoms. The maximum atomic E-state index is 9.62. The molecule has 4 rings (SSSR count). The number of benzene rings is 1. The van der Waals surface area contributed by atoms with Gasteiger partial charge in [0.25, 0.3) is 0 Å². The summed E-state index contributed by atoms with van der Waals surface area (Å²) in [5.41, 5.74) is 1.37. The Labute approximate surface area is 163 Å². The van der Waals surface area contributed by atoms with Crippen LogP contribution in [-0.2, 0) is 6.54 Å². The van der Waals surface area contributed by atoms with Crippen LogP contribution in [-0.4, -0.2) is 26.3 Å². The first-order valence-corrected chi connectivity index (χ1v) is 9.59. The number of pyridine rings is 1. The van der Waals surface area contributed by atoms with Crippen molar-refractivity contribution in [3.63, 3.8) is 0 Å². The number of rotatable bonds is 4. The topological polar surface area (TPSA) is 70.6 Å². The summed E-state index contributed by atoms with van der Waals surface area (Å²) in [7, 11) is 0. The molecular weight excluding hydrogens is 360 g/mol. The fourth-order valence-electron chi connectivity index (χ4n) is 3.79. The van der Waals surface area contributed by atoms with Crippen molar-refractivity contribution in [1.82, 2.24) is 19.7 Å². The third-order valence-corrected chi connectivity index (χ3v) is 5.17. The molecule has 0 radical (unpaired) electrons. The predicted octanol–water partition coefficient (Wildman–Crippen LogP) is 4.35. The van der Waals surface area contributed by atoms with Crippen molar-refractivity contribution in [1.29, 1.82) is 5.26 Å². The minimum atomic E-state index is 0.120. The zero-order valence-corrected chi connectivity index (χ0v) is 16.2. The predicted molar refractivity (Wildman–Crippen MR) is 106 cm³/mol. The van der Waals surface area contributed by atoms with Crippen LogP contribution in [0.4, 0.5) is 5.82 Å². The van der Waals surface area contributed by atoms with E-state index in [0.29, 0.717) is 16.5 Å². The van der Waals surface area contributed by atoms with E-state index in [1.165, 1.54) is 0 Å². The van der Waals surface area contributed by atoms with E-state index >= 15 is 0 Å². The average molecular weight is 381 g/mol. The molecule has 0 amide bonds. The first kappa shape index (κ1) is 17.7. The highest BCUT2D eigenvalue weighted by atomic mass is 35.5. The lowest BCUT2D eigenvalue weighted by Crippen LogP contribution is -2.26. The third kappa shape index (κ3) is 3.35. The molecule has 0 spiro atoms. The summed E-state index contributed by atoms with van der Waals surface area (Å²) in [5, 5.41) is 19.6. The van der Waals surface area contributed by atoms with Gasteiger partial charge in [0.1, 0.15) is 12.1 Å². The minimum absolute atomic E-state index is 0.120. The van der Waals surface area contributed by atoms with E-state index in [1.54, 1.807) is 6.07 Å². The molecule has 0 N–H and O–H groups in total. The fourth-order valence-corrected chi connectivity index (χ4v) is 3.96. The Morgan fingerprint density at radius 1 is 1.33 bits per heavy atom. The van der Waals surface area contributed by atoms with E-state index < -0.39 is 0 Å². The average Bonchev–Trinajstić information content (AvgIpc) is 3.29. The Bertz CT molecular complexity index is 1020. The van der Waals surface area contributed by atoms with Gasteiger partial charge in [0.05, 0.1) is 23.2 Å². The lowest BCUT2D eigenvalue weighted by atomic mass is 10.1. The number of hydrogen-bond donors (Lipinski definition) is 0. The van der Waals surface area contributed by atoms with Crippen molar-refractivity contribution in [2.75, 3.05) is 11.4 Å². The molecule has 1 aliphatic heterocycles. The molecule has 0 bridgehead atoms. The van der Waals surface area contributed by atoms with E-state index in [0.717, 1.165) is 48.5 Å². The number of anilines is 1. The van der Waals surface area contributed by atoms with Crippen molar-refractivity contribution in [3.8, 4) is 6.07 Å². The van der Waals surface area contributed by atoms with Crippen LogP contribution in [0.2, 0.25) is 5.02 Å². The van der Waals surface area contributed by atoms with E-state index in [2.05, 4.69) is 39.6 Å². The fraction of sp³-hybridized carbons (Fsp3) is 0.400. The van der Waals surface area contributed by atoms with E-state index in [1.807, 2.05) is 24.5 Å². The summed E-state index contributed by atoms with van der Waals surface area (Å²) in [5.74, 6) is 2.30. The highest BCUT2D eigenvalue weighted by Crippen LogP contribution is 2.36. The summed E-state index contributed by atoms with van der Waals surface area (Å²) >= 11 is 6.10. The van der Waals surface area contributed by atoms with E-state index in [9.17, 15) is 5.26 Å². The Kier molecular flexibility index (Phi) is 4.71. The Balaban J connectivity index is 1.76. The molecule has 1 fully saturated rings. The number of nitriles is 1. The summed E-state index contributed by atoms with van der Waals surface area (Å²) in [6, 6.07) is 9.75. The van der Waals surface area contributed by atoms with Gasteiger partial charge >= 0.3 is 0 Å². The molecule has 1 saturated heterocycles. The number of hydrogen-bond acceptors (Lipinski definition) is 5. The van der Waals surface area contributed by atoms with Crippen LogP contribution in [0.3, 0.4) is 0 Å². The summed E-state index contributed by atoms with van der Waals surface area (Å²) in [4.78, 5) is 7.06. The SMILES string of the molecule is CC(C)Cn1cnnc1C1CCCN1c1cc(C#N)c2cc(Cl)ccc2n1. The Morgan fingerprint density at radius 2 is 2.19 bits per heavy atom. The molecule has 1 aromatic carbocycles. The van der Waals surface area contributed by atoms with Gasteiger partial charge in [-0.3, -0.25) is 0 Å². The summed E-state index contributed by atoms with van der Waals surface area (Å²) < 4.78 is 2.14. The van der Waals surface area contributed by atoms with Gasteiger partial charge in [-0.2, -0.15) is 5.26 Å². The van der Waals surface area contributed by atoms with Crippen molar-refractivity contribution in [2.24, 2.45) is 5.92 Å². The Hall–Kier alpha value is -2.65. The van der Waals surface area contributed by atoms with Gasteiger partial charge in [-0.1, -0.05) is 25.4 Å². The molecule has 2 aromatic heterocycles. The zero-order valence-electron chi connectivity index (χ0n) is 15.4. The molecule has 7 heteroatoms. The minimum Gasteiger partial charge on any atom is -0.346 e. The lowest BCUT2D eigenvalue weighted by molar-refractivity contribution is 0.487. The first-order valence-electron chi connectivity index (χ1n) is 9.21. The maximum absolute atomic E-state index is 9.62. The molecule has 3 aromatic rings. The first-order chi connectivity index (χ1) is 13.1. The highest BCUT2D eigenvalue weighted by Gasteiger charge is 2.31. The quantitative estimate of drug-likeness (QED) is 0.672. The van der Waals surface area contributed by atoms with Gasteiger partial charge in [0, 0.05) is 23.5 Å². The monoisotopic (exact) mass is 380 g/mol. The summed E-state index contributed by atoms with van der Waals surface area (Å²) in [6.45, 7) is 6.15. The molecular formula is C20H21ClN6. The Morgan fingerprint density at radius 3 is 2.96 bits per heavy atom. The van der Waals surface area contributed by atoms with Crippen LogP contribution in [0.1, 0.15) is 44.1 Å². The van der Waals surface area contributed by atoms with E-state index in [-0.39, 0.29) is 6.04 Å². The van der Waals surface area contributed by atoms with Crippen LogP contribution in [0.5, 0.6) is 0 Å². The second-order valence-electron chi connectivity index (χ2n) is 7.39. The second kappa shape index (κ2) is 7.16. The smallest absolute Gasteiger partial charge is 0.155 e. The molecule has 3 heterocycles. The zero-order chi connectivity index (χ0) is 19.0. The van der Waals surface area contributed by atoms with Crippen LogP contribution < -0.4 is 4.90 Å². The van der Waals surface area contributed by atoms with Crippen molar-refractivity contribution < 1.29 is 0 Å². The standard InChI is InChI=1S/C20H21ClN6/c1-13(2)11-26-12-23-25-20(26)18-4-3-7-27(18)19-8-14(10-22)16-9-15(21)5-6-17(16)24-19/h5-6,8-9,12-13,18H,3-4,7,11H2,1-2H3. The molecule has 138 valence electrons. The molecule has 6 nitrogen and oxygen atoms in total. The van der Waals surface area contributed by atoms with Gasteiger partial charge in [-0.05, 0) is 43.0 Å². The van der Waals surface area contributed by atoms with Gasteiger partial charge < -0.3 is 9.47 Å². The summed E-state index contributed by atoms with van der Waals surface area (Å²) in [6.07, 6.45) is 3.86. The molecule has 0 saturated carbocycles. The van der Waals surface area contributed by atoms with Crippen molar-refractivity contribution >= 4 is 28.3 Å². The highest BCUT2D eigenvalue weighted by molar-refractivity contribution is 6.31. The van der Waals surface area contributed by atoms with Crippen molar-refractivity contribution in [2.45, 2.75) is 39.3 Å². The maximum Gasteiger partial charge on any atom is 0.155 e. The van der Waals surface area contributed by atoms with Gasteiger partial charge in [-0.15, -0.1) is 10.2 Å². The van der Waals surface area contributed by atoms with Crippen LogP contribution in [0.15, 0.2) is 30.6 Å². The molecule has 0 aliphatic carbocycles. The van der Waals surface area contributed by atoms with E-state index in [4.69, 9.17) is 16.6 Å². The van der Waals surface area contributed by atoms with Crippen LogP contribution in [0, 0.1) is 17.2 Å². The van der Waals surface area contributed by atoms with Crippen LogP contribution in [0.25, 0.3) is 10.9 Å². The normalized spacial score (nSPS) is 17.0. The number of fused-ring (bicyclic) bond motifs is 1. The third-order valence-electron chi connectivity index (χ3n) is 4.93. The molecule has 1 atom stereocenters. The van der Waals surface area contributed by atoms with Crippen molar-refractivity contribution in [3.05, 3.63) is 47.0 Å². The number of nitrogens with zero attached hydrogens (tertiary/aromatic N) is 6. The van der Waals surface area contributed by atoms with Crippen LogP contribution >= 0.6 is 11.6 Å².